The summed E-state index contributed by atoms with van der Waals surface area (Å²) in [5.74, 6) is -1.49. The van der Waals surface area contributed by atoms with Crippen molar-refractivity contribution in [3.05, 3.63) is 22.4 Å². The van der Waals surface area contributed by atoms with Crippen LogP contribution in [-0.2, 0) is 0 Å². The van der Waals surface area contributed by atoms with Crippen LogP contribution in [0.25, 0.3) is 0 Å². The molecule has 0 bridgehead atoms. The Bertz CT molecular complexity index is 375. The molecule has 108 valence electrons. The van der Waals surface area contributed by atoms with Gasteiger partial charge >= 0.3 is 6.18 Å². The first-order valence-corrected chi connectivity index (χ1v) is 7.75. The number of hydrogen-bond donors (Lipinski definition) is 1. The van der Waals surface area contributed by atoms with Gasteiger partial charge in [-0.25, -0.2) is 0 Å². The first-order chi connectivity index (χ1) is 9.04. The third kappa shape index (κ3) is 3.51. The van der Waals surface area contributed by atoms with E-state index < -0.39 is 12.1 Å². The molecule has 1 heterocycles. The Balaban J connectivity index is 2.23. The molecule has 0 aliphatic heterocycles. The van der Waals surface area contributed by atoms with Gasteiger partial charge in [0.15, 0.2) is 0 Å². The number of alkyl halides is 3. The fraction of sp³-hybridized carbons (Fsp3) is 0.714. The number of nitrogens with one attached hydrogen (secondary N) is 1. The molecule has 0 saturated heterocycles. The normalized spacial score (nSPS) is 26.3. The smallest absolute Gasteiger partial charge is 0.309 e. The highest BCUT2D eigenvalue weighted by molar-refractivity contribution is 7.10. The van der Waals surface area contributed by atoms with Crippen LogP contribution in [0.15, 0.2) is 17.5 Å². The highest BCUT2D eigenvalue weighted by atomic mass is 32.1. The van der Waals surface area contributed by atoms with Gasteiger partial charge in [-0.3, -0.25) is 0 Å². The number of rotatable bonds is 4. The van der Waals surface area contributed by atoms with Crippen LogP contribution in [-0.4, -0.2) is 12.7 Å². The summed E-state index contributed by atoms with van der Waals surface area (Å²) in [5, 5.41) is 5.20. The van der Waals surface area contributed by atoms with Crippen LogP contribution in [0.1, 0.15) is 43.5 Å². The van der Waals surface area contributed by atoms with Crippen molar-refractivity contribution in [2.75, 3.05) is 6.54 Å². The average Bonchev–Trinajstić information content (AvgIpc) is 2.88. The standard InChI is InChI=1S/C14H20F3NS/c1-2-18-13(12-8-5-9-19-12)10-6-3-4-7-11(10)14(15,16)17/h5,8-11,13,18H,2-4,6-7H2,1H3. The van der Waals surface area contributed by atoms with E-state index in [2.05, 4.69) is 5.32 Å². The summed E-state index contributed by atoms with van der Waals surface area (Å²) in [6.07, 6.45) is -1.52. The zero-order valence-electron chi connectivity index (χ0n) is 11.0. The molecule has 3 unspecified atom stereocenters. The molecule has 1 nitrogen and oxygen atoms in total. The molecular formula is C14H20F3NS. The lowest BCUT2D eigenvalue weighted by Gasteiger charge is -2.38. The van der Waals surface area contributed by atoms with Crippen molar-refractivity contribution in [3.8, 4) is 0 Å². The Kier molecular flexibility index (Phi) is 4.90. The molecule has 1 aliphatic rings. The van der Waals surface area contributed by atoms with Gasteiger partial charge in [0.2, 0.25) is 0 Å². The Morgan fingerprint density at radius 1 is 1.37 bits per heavy atom. The molecule has 0 spiro atoms. The van der Waals surface area contributed by atoms with Crippen molar-refractivity contribution >= 4 is 11.3 Å². The van der Waals surface area contributed by atoms with Gasteiger partial charge in [-0.05, 0) is 36.8 Å². The topological polar surface area (TPSA) is 12.0 Å². The first-order valence-electron chi connectivity index (χ1n) is 6.87. The highest BCUT2D eigenvalue weighted by Gasteiger charge is 2.48. The molecule has 1 N–H and O–H groups in total. The molecule has 1 fully saturated rings. The molecule has 0 amide bonds. The van der Waals surface area contributed by atoms with E-state index in [1.807, 2.05) is 24.4 Å². The lowest BCUT2D eigenvalue weighted by atomic mass is 9.74. The lowest BCUT2D eigenvalue weighted by molar-refractivity contribution is -0.199. The van der Waals surface area contributed by atoms with Gasteiger partial charge in [-0.1, -0.05) is 25.8 Å². The minimum atomic E-state index is -4.07. The Morgan fingerprint density at radius 3 is 2.68 bits per heavy atom. The maximum absolute atomic E-state index is 13.2. The van der Waals surface area contributed by atoms with Crippen molar-refractivity contribution < 1.29 is 13.2 Å². The van der Waals surface area contributed by atoms with Crippen LogP contribution in [0, 0.1) is 11.8 Å². The van der Waals surface area contributed by atoms with Crippen LogP contribution in [0.2, 0.25) is 0 Å². The summed E-state index contributed by atoms with van der Waals surface area (Å²) in [7, 11) is 0. The van der Waals surface area contributed by atoms with Crippen LogP contribution in [0.3, 0.4) is 0 Å². The number of hydrogen-bond acceptors (Lipinski definition) is 2. The van der Waals surface area contributed by atoms with Crippen molar-refractivity contribution in [1.29, 1.82) is 0 Å². The first kappa shape index (κ1) is 14.9. The molecule has 3 atom stereocenters. The summed E-state index contributed by atoms with van der Waals surface area (Å²) in [6, 6.07) is 3.70. The fourth-order valence-corrected chi connectivity index (χ4v) is 3.99. The molecule has 19 heavy (non-hydrogen) atoms. The Labute approximate surface area is 116 Å². The van der Waals surface area contributed by atoms with Gasteiger partial charge in [0.1, 0.15) is 0 Å². The summed E-state index contributed by atoms with van der Waals surface area (Å²) < 4.78 is 39.6. The average molecular weight is 291 g/mol. The zero-order valence-corrected chi connectivity index (χ0v) is 11.9. The van der Waals surface area contributed by atoms with E-state index in [1.54, 1.807) is 11.3 Å². The summed E-state index contributed by atoms with van der Waals surface area (Å²) in [6.45, 7) is 2.65. The van der Waals surface area contributed by atoms with Gasteiger partial charge in [0, 0.05) is 10.9 Å². The predicted molar refractivity (Wildman–Crippen MR) is 72.2 cm³/mol. The van der Waals surface area contributed by atoms with E-state index in [-0.39, 0.29) is 18.4 Å². The molecular weight excluding hydrogens is 271 g/mol. The Morgan fingerprint density at radius 2 is 2.11 bits per heavy atom. The molecule has 1 saturated carbocycles. The number of halogens is 3. The van der Waals surface area contributed by atoms with Crippen molar-refractivity contribution in [3.63, 3.8) is 0 Å². The van der Waals surface area contributed by atoms with E-state index in [4.69, 9.17) is 0 Å². The van der Waals surface area contributed by atoms with Gasteiger partial charge in [0.25, 0.3) is 0 Å². The minimum absolute atomic E-state index is 0.156. The van der Waals surface area contributed by atoms with E-state index in [0.29, 0.717) is 19.4 Å². The lowest BCUT2D eigenvalue weighted by Crippen LogP contribution is -2.40. The van der Waals surface area contributed by atoms with Crippen molar-refractivity contribution in [2.45, 2.75) is 44.8 Å². The van der Waals surface area contributed by atoms with Crippen LogP contribution >= 0.6 is 11.3 Å². The molecule has 0 aromatic carbocycles. The van der Waals surface area contributed by atoms with Crippen LogP contribution < -0.4 is 5.32 Å². The molecule has 5 heteroatoms. The van der Waals surface area contributed by atoms with Crippen molar-refractivity contribution in [2.24, 2.45) is 11.8 Å². The van der Waals surface area contributed by atoms with Gasteiger partial charge < -0.3 is 5.32 Å². The summed E-state index contributed by atoms with van der Waals surface area (Å²) in [5.41, 5.74) is 0. The molecule has 1 aromatic heterocycles. The SMILES string of the molecule is CCNC(c1cccs1)C1CCCCC1C(F)(F)F. The predicted octanol–water partition coefficient (Wildman–Crippen LogP) is 4.77. The maximum Gasteiger partial charge on any atom is 0.392 e. The second kappa shape index (κ2) is 6.27. The summed E-state index contributed by atoms with van der Waals surface area (Å²) >= 11 is 1.55. The number of thiophene rings is 1. The Hall–Kier alpha value is -0.550. The van der Waals surface area contributed by atoms with Crippen molar-refractivity contribution in [1.82, 2.24) is 5.32 Å². The molecule has 0 radical (unpaired) electrons. The van der Waals surface area contributed by atoms with Gasteiger partial charge in [0.05, 0.1) is 5.92 Å². The van der Waals surface area contributed by atoms with Gasteiger partial charge in [-0.2, -0.15) is 13.2 Å². The quantitative estimate of drug-likeness (QED) is 0.842. The highest BCUT2D eigenvalue weighted by Crippen LogP contribution is 2.47. The van der Waals surface area contributed by atoms with Crippen LogP contribution in [0.5, 0.6) is 0 Å². The second-order valence-corrected chi connectivity index (χ2v) is 6.13. The van der Waals surface area contributed by atoms with E-state index >= 15 is 0 Å². The zero-order chi connectivity index (χ0) is 13.9. The third-order valence-electron chi connectivity index (χ3n) is 3.94. The van der Waals surface area contributed by atoms with E-state index in [1.165, 1.54) is 0 Å². The second-order valence-electron chi connectivity index (χ2n) is 5.15. The van der Waals surface area contributed by atoms with E-state index in [9.17, 15) is 13.2 Å². The molecule has 1 aliphatic carbocycles. The van der Waals surface area contributed by atoms with Gasteiger partial charge in [-0.15, -0.1) is 11.3 Å². The fourth-order valence-electron chi connectivity index (χ4n) is 3.12. The largest absolute Gasteiger partial charge is 0.392 e. The monoisotopic (exact) mass is 291 g/mol. The maximum atomic E-state index is 13.2. The third-order valence-corrected chi connectivity index (χ3v) is 4.90. The van der Waals surface area contributed by atoms with Crippen LogP contribution in [0.4, 0.5) is 13.2 Å². The van der Waals surface area contributed by atoms with E-state index in [0.717, 1.165) is 11.3 Å². The minimum Gasteiger partial charge on any atom is -0.309 e. The summed E-state index contributed by atoms with van der Waals surface area (Å²) in [4.78, 5) is 1.03. The molecule has 1 aromatic rings. The molecule has 2 rings (SSSR count).